The van der Waals surface area contributed by atoms with Gasteiger partial charge in [0.2, 0.25) is 0 Å². The summed E-state index contributed by atoms with van der Waals surface area (Å²) in [6.45, 7) is 7.17. The Kier molecular flexibility index (Phi) is 5.94. The average molecular weight is 197 g/mol. The summed E-state index contributed by atoms with van der Waals surface area (Å²) in [7, 11) is 0. The molecule has 0 aliphatic heterocycles. The maximum absolute atomic E-state index is 4.02. The zero-order chi connectivity index (χ0) is 10.1. The Morgan fingerprint density at radius 3 is 2.79 bits per heavy atom. The van der Waals surface area contributed by atoms with Gasteiger partial charge in [-0.2, -0.15) is 5.10 Å². The van der Waals surface area contributed by atoms with Crippen LogP contribution < -0.4 is 10.6 Å². The zero-order valence-corrected chi connectivity index (χ0v) is 8.74. The molecule has 0 spiro atoms. The van der Waals surface area contributed by atoms with Crippen LogP contribution in [0.4, 0.5) is 0 Å². The van der Waals surface area contributed by atoms with Crippen LogP contribution in [0.15, 0.2) is 12.7 Å². The standard InChI is InChI=1S/C9H19N5/c1-2-10-4-3-5-11-6-7-14-9-12-8-13-14/h8-11H,2-7H2,1H3. The second-order valence-electron chi connectivity index (χ2n) is 3.12. The smallest absolute Gasteiger partial charge is 0.137 e. The summed E-state index contributed by atoms with van der Waals surface area (Å²) in [5.74, 6) is 0. The van der Waals surface area contributed by atoms with E-state index in [1.807, 2.05) is 4.68 Å². The maximum Gasteiger partial charge on any atom is 0.137 e. The van der Waals surface area contributed by atoms with Gasteiger partial charge in [0.15, 0.2) is 0 Å². The van der Waals surface area contributed by atoms with E-state index in [2.05, 4.69) is 27.6 Å². The molecule has 80 valence electrons. The fraction of sp³-hybridized carbons (Fsp3) is 0.778. The highest BCUT2D eigenvalue weighted by Crippen LogP contribution is 1.78. The first kappa shape index (κ1) is 11.1. The number of hydrogen-bond acceptors (Lipinski definition) is 4. The van der Waals surface area contributed by atoms with E-state index < -0.39 is 0 Å². The molecular weight excluding hydrogens is 178 g/mol. The molecule has 5 nitrogen and oxygen atoms in total. The van der Waals surface area contributed by atoms with Gasteiger partial charge >= 0.3 is 0 Å². The molecule has 0 saturated heterocycles. The van der Waals surface area contributed by atoms with Crippen LogP contribution in [0.5, 0.6) is 0 Å². The lowest BCUT2D eigenvalue weighted by Crippen LogP contribution is -2.24. The lowest BCUT2D eigenvalue weighted by Gasteiger charge is -2.04. The third-order valence-electron chi connectivity index (χ3n) is 1.94. The van der Waals surface area contributed by atoms with Gasteiger partial charge in [-0.05, 0) is 26.1 Å². The third kappa shape index (κ3) is 4.94. The minimum atomic E-state index is 0.890. The fourth-order valence-electron chi connectivity index (χ4n) is 1.18. The molecule has 1 aromatic heterocycles. The number of aromatic nitrogens is 3. The van der Waals surface area contributed by atoms with Gasteiger partial charge in [-0.15, -0.1) is 0 Å². The number of rotatable bonds is 8. The zero-order valence-electron chi connectivity index (χ0n) is 8.74. The van der Waals surface area contributed by atoms with Crippen LogP contribution in [0.25, 0.3) is 0 Å². The van der Waals surface area contributed by atoms with Crippen molar-refractivity contribution in [2.75, 3.05) is 26.2 Å². The van der Waals surface area contributed by atoms with Crippen LogP contribution >= 0.6 is 0 Å². The van der Waals surface area contributed by atoms with Crippen molar-refractivity contribution in [3.05, 3.63) is 12.7 Å². The molecule has 2 N–H and O–H groups in total. The van der Waals surface area contributed by atoms with E-state index in [0.29, 0.717) is 0 Å². The van der Waals surface area contributed by atoms with Gasteiger partial charge in [0.05, 0.1) is 6.54 Å². The molecule has 0 fully saturated rings. The second-order valence-corrected chi connectivity index (χ2v) is 3.12. The first-order chi connectivity index (χ1) is 6.93. The van der Waals surface area contributed by atoms with Gasteiger partial charge in [-0.3, -0.25) is 4.68 Å². The molecule has 0 aromatic carbocycles. The molecule has 1 heterocycles. The topological polar surface area (TPSA) is 54.8 Å². The van der Waals surface area contributed by atoms with Crippen molar-refractivity contribution in [1.29, 1.82) is 0 Å². The summed E-state index contributed by atoms with van der Waals surface area (Å²) in [4.78, 5) is 3.88. The normalized spacial score (nSPS) is 10.6. The number of nitrogens with zero attached hydrogens (tertiary/aromatic N) is 3. The molecule has 5 heteroatoms. The molecule has 0 bridgehead atoms. The predicted octanol–water partition coefficient (Wildman–Crippen LogP) is -0.133. The first-order valence-corrected chi connectivity index (χ1v) is 5.17. The summed E-state index contributed by atoms with van der Waals surface area (Å²) in [6, 6.07) is 0. The quantitative estimate of drug-likeness (QED) is 0.570. The predicted molar refractivity (Wildman–Crippen MR) is 56.1 cm³/mol. The second kappa shape index (κ2) is 7.46. The van der Waals surface area contributed by atoms with Crippen molar-refractivity contribution in [3.8, 4) is 0 Å². The van der Waals surface area contributed by atoms with Crippen LogP contribution in [0, 0.1) is 0 Å². The lowest BCUT2D eigenvalue weighted by molar-refractivity contribution is 0.538. The highest BCUT2D eigenvalue weighted by Gasteiger charge is 1.90. The Morgan fingerprint density at radius 1 is 1.21 bits per heavy atom. The van der Waals surface area contributed by atoms with Crippen molar-refractivity contribution in [2.45, 2.75) is 19.9 Å². The number of hydrogen-bond donors (Lipinski definition) is 2. The Morgan fingerprint density at radius 2 is 2.07 bits per heavy atom. The Balaban J connectivity index is 1.85. The molecule has 0 saturated carbocycles. The molecule has 1 rings (SSSR count). The van der Waals surface area contributed by atoms with E-state index in [-0.39, 0.29) is 0 Å². The van der Waals surface area contributed by atoms with E-state index in [1.165, 1.54) is 6.42 Å². The first-order valence-electron chi connectivity index (χ1n) is 5.17. The highest BCUT2D eigenvalue weighted by molar-refractivity contribution is 4.57. The van der Waals surface area contributed by atoms with Crippen molar-refractivity contribution in [2.24, 2.45) is 0 Å². The molecule has 0 unspecified atom stereocenters. The van der Waals surface area contributed by atoms with Crippen molar-refractivity contribution < 1.29 is 0 Å². The molecule has 14 heavy (non-hydrogen) atoms. The third-order valence-corrected chi connectivity index (χ3v) is 1.94. The van der Waals surface area contributed by atoms with E-state index >= 15 is 0 Å². The van der Waals surface area contributed by atoms with Crippen molar-refractivity contribution >= 4 is 0 Å². The fourth-order valence-corrected chi connectivity index (χ4v) is 1.18. The van der Waals surface area contributed by atoms with Crippen molar-refractivity contribution in [3.63, 3.8) is 0 Å². The molecule has 0 aliphatic rings. The lowest BCUT2D eigenvalue weighted by atomic mass is 10.4. The molecule has 1 aromatic rings. The maximum atomic E-state index is 4.02. The van der Waals surface area contributed by atoms with Gasteiger partial charge in [0, 0.05) is 6.54 Å². The van der Waals surface area contributed by atoms with Gasteiger partial charge in [0.1, 0.15) is 12.7 Å². The highest BCUT2D eigenvalue weighted by atomic mass is 15.3. The minimum absolute atomic E-state index is 0.890. The number of nitrogens with one attached hydrogen (secondary N) is 2. The SMILES string of the molecule is CCNCCCNCCn1cncn1. The van der Waals surface area contributed by atoms with E-state index in [9.17, 15) is 0 Å². The Bertz CT molecular complexity index is 209. The van der Waals surface area contributed by atoms with Gasteiger partial charge < -0.3 is 10.6 Å². The summed E-state index contributed by atoms with van der Waals surface area (Å²) >= 11 is 0. The van der Waals surface area contributed by atoms with E-state index in [1.54, 1.807) is 12.7 Å². The van der Waals surface area contributed by atoms with Crippen molar-refractivity contribution in [1.82, 2.24) is 25.4 Å². The molecular formula is C9H19N5. The van der Waals surface area contributed by atoms with Crippen LogP contribution in [-0.4, -0.2) is 40.9 Å². The van der Waals surface area contributed by atoms with Crippen LogP contribution in [0.2, 0.25) is 0 Å². The van der Waals surface area contributed by atoms with E-state index in [0.717, 1.165) is 32.7 Å². The van der Waals surface area contributed by atoms with Crippen LogP contribution in [0.3, 0.4) is 0 Å². The minimum Gasteiger partial charge on any atom is -0.317 e. The summed E-state index contributed by atoms with van der Waals surface area (Å²) in [5, 5.41) is 10.7. The average Bonchev–Trinajstić information content (AvgIpc) is 2.69. The Labute approximate surface area is 84.9 Å². The summed E-state index contributed by atoms with van der Waals surface area (Å²) < 4.78 is 1.83. The van der Waals surface area contributed by atoms with Gasteiger partial charge in [0.25, 0.3) is 0 Å². The van der Waals surface area contributed by atoms with Crippen LogP contribution in [-0.2, 0) is 6.54 Å². The van der Waals surface area contributed by atoms with E-state index in [4.69, 9.17) is 0 Å². The van der Waals surface area contributed by atoms with Crippen LogP contribution in [0.1, 0.15) is 13.3 Å². The van der Waals surface area contributed by atoms with Gasteiger partial charge in [-0.25, -0.2) is 4.98 Å². The molecule has 0 radical (unpaired) electrons. The molecule has 0 amide bonds. The summed E-state index contributed by atoms with van der Waals surface area (Å²) in [5.41, 5.74) is 0. The molecule has 0 aliphatic carbocycles. The monoisotopic (exact) mass is 197 g/mol. The summed E-state index contributed by atoms with van der Waals surface area (Å²) in [6.07, 6.45) is 4.47. The Hall–Kier alpha value is -0.940. The molecule has 0 atom stereocenters. The largest absolute Gasteiger partial charge is 0.317 e. The van der Waals surface area contributed by atoms with Gasteiger partial charge in [-0.1, -0.05) is 6.92 Å².